The Bertz CT molecular complexity index is 582. The zero-order valence-corrected chi connectivity index (χ0v) is 11.0. The standard InChI is InChI=1S/C14H13ClF2N2/c1-8-5-9(7-10(15)6-8)14(19-18)11-3-2-4-12(16)13(11)17/h2-7,14,19H,18H2,1H3. The van der Waals surface area contributed by atoms with Crippen LogP contribution in [0, 0.1) is 18.6 Å². The predicted molar refractivity (Wildman–Crippen MR) is 71.7 cm³/mol. The molecule has 1 unspecified atom stereocenters. The van der Waals surface area contributed by atoms with Crippen LogP contribution >= 0.6 is 11.6 Å². The van der Waals surface area contributed by atoms with Crippen LogP contribution in [0.15, 0.2) is 36.4 Å². The van der Waals surface area contributed by atoms with Gasteiger partial charge in [-0.1, -0.05) is 29.8 Å². The summed E-state index contributed by atoms with van der Waals surface area (Å²) in [6.07, 6.45) is 0. The quantitative estimate of drug-likeness (QED) is 0.668. The second-order valence-electron chi connectivity index (χ2n) is 4.30. The van der Waals surface area contributed by atoms with Crippen molar-refractivity contribution in [3.63, 3.8) is 0 Å². The third-order valence-corrected chi connectivity index (χ3v) is 3.08. The fraction of sp³-hybridized carbons (Fsp3) is 0.143. The summed E-state index contributed by atoms with van der Waals surface area (Å²) in [6, 6.07) is 8.60. The van der Waals surface area contributed by atoms with Gasteiger partial charge in [-0.05, 0) is 36.2 Å². The number of benzene rings is 2. The average Bonchev–Trinajstić information content (AvgIpc) is 2.34. The summed E-state index contributed by atoms with van der Waals surface area (Å²) in [5.74, 6) is 3.65. The van der Waals surface area contributed by atoms with Crippen molar-refractivity contribution in [3.05, 3.63) is 69.7 Å². The molecule has 0 radical (unpaired) electrons. The van der Waals surface area contributed by atoms with E-state index in [0.29, 0.717) is 10.6 Å². The highest BCUT2D eigenvalue weighted by atomic mass is 35.5. The van der Waals surface area contributed by atoms with Gasteiger partial charge in [-0.25, -0.2) is 14.2 Å². The van der Waals surface area contributed by atoms with E-state index in [-0.39, 0.29) is 5.56 Å². The molecule has 1 atom stereocenters. The Balaban J connectivity index is 2.53. The van der Waals surface area contributed by atoms with Gasteiger partial charge in [0.05, 0.1) is 6.04 Å². The van der Waals surface area contributed by atoms with Gasteiger partial charge in [0.2, 0.25) is 0 Å². The second-order valence-corrected chi connectivity index (χ2v) is 4.74. The van der Waals surface area contributed by atoms with Crippen LogP contribution in [0.4, 0.5) is 8.78 Å². The van der Waals surface area contributed by atoms with Crippen molar-refractivity contribution in [2.24, 2.45) is 5.84 Å². The fourth-order valence-corrected chi connectivity index (χ4v) is 2.34. The first-order chi connectivity index (χ1) is 9.02. The highest BCUT2D eigenvalue weighted by Crippen LogP contribution is 2.27. The zero-order valence-electron chi connectivity index (χ0n) is 10.3. The second kappa shape index (κ2) is 5.65. The van der Waals surface area contributed by atoms with Gasteiger partial charge in [0.25, 0.3) is 0 Å². The monoisotopic (exact) mass is 282 g/mol. The number of rotatable bonds is 3. The lowest BCUT2D eigenvalue weighted by Gasteiger charge is -2.18. The average molecular weight is 283 g/mol. The maximum Gasteiger partial charge on any atom is 0.163 e. The van der Waals surface area contributed by atoms with E-state index in [2.05, 4.69) is 5.43 Å². The molecule has 0 spiro atoms. The first-order valence-corrected chi connectivity index (χ1v) is 6.08. The minimum Gasteiger partial charge on any atom is -0.271 e. The van der Waals surface area contributed by atoms with E-state index >= 15 is 0 Å². The first-order valence-electron chi connectivity index (χ1n) is 5.70. The molecule has 0 bridgehead atoms. The van der Waals surface area contributed by atoms with E-state index in [1.807, 2.05) is 13.0 Å². The van der Waals surface area contributed by atoms with E-state index in [1.165, 1.54) is 12.1 Å². The summed E-state index contributed by atoms with van der Waals surface area (Å²) in [6.45, 7) is 1.87. The fourth-order valence-electron chi connectivity index (χ4n) is 2.04. The Kier molecular flexibility index (Phi) is 4.14. The van der Waals surface area contributed by atoms with Crippen LogP contribution in [-0.2, 0) is 0 Å². The van der Waals surface area contributed by atoms with E-state index in [0.717, 1.165) is 11.6 Å². The summed E-state index contributed by atoms with van der Waals surface area (Å²) in [5.41, 5.74) is 4.23. The van der Waals surface area contributed by atoms with Gasteiger partial charge in [-0.3, -0.25) is 5.84 Å². The Morgan fingerprint density at radius 1 is 1.21 bits per heavy atom. The van der Waals surface area contributed by atoms with Gasteiger partial charge in [0.1, 0.15) is 0 Å². The van der Waals surface area contributed by atoms with Crippen LogP contribution in [0.2, 0.25) is 5.02 Å². The maximum atomic E-state index is 13.8. The number of aryl methyl sites for hydroxylation is 1. The smallest absolute Gasteiger partial charge is 0.163 e. The molecular weight excluding hydrogens is 270 g/mol. The van der Waals surface area contributed by atoms with Crippen molar-refractivity contribution in [2.45, 2.75) is 13.0 Å². The van der Waals surface area contributed by atoms with Crippen LogP contribution < -0.4 is 11.3 Å². The van der Waals surface area contributed by atoms with Crippen molar-refractivity contribution in [3.8, 4) is 0 Å². The number of nitrogens with two attached hydrogens (primary N) is 1. The molecule has 2 rings (SSSR count). The zero-order chi connectivity index (χ0) is 14.0. The summed E-state index contributed by atoms with van der Waals surface area (Å²) >= 11 is 5.97. The summed E-state index contributed by atoms with van der Waals surface area (Å²) < 4.78 is 27.1. The Morgan fingerprint density at radius 2 is 1.95 bits per heavy atom. The highest BCUT2D eigenvalue weighted by molar-refractivity contribution is 6.30. The SMILES string of the molecule is Cc1cc(Cl)cc(C(NN)c2cccc(F)c2F)c1. The molecule has 0 saturated heterocycles. The van der Waals surface area contributed by atoms with E-state index < -0.39 is 17.7 Å². The normalized spacial score (nSPS) is 12.5. The molecule has 0 saturated carbocycles. The molecule has 0 amide bonds. The van der Waals surface area contributed by atoms with Crippen molar-refractivity contribution < 1.29 is 8.78 Å². The van der Waals surface area contributed by atoms with Crippen LogP contribution in [0.5, 0.6) is 0 Å². The predicted octanol–water partition coefficient (Wildman–Crippen LogP) is 3.48. The first kappa shape index (κ1) is 13.9. The molecule has 0 aliphatic heterocycles. The molecule has 0 aromatic heterocycles. The number of nitrogens with one attached hydrogen (secondary N) is 1. The molecule has 2 aromatic carbocycles. The van der Waals surface area contributed by atoms with Crippen molar-refractivity contribution in [2.75, 3.05) is 0 Å². The van der Waals surface area contributed by atoms with E-state index in [1.54, 1.807) is 12.1 Å². The lowest BCUT2D eigenvalue weighted by atomic mass is 9.97. The maximum absolute atomic E-state index is 13.8. The molecular formula is C14H13ClF2N2. The van der Waals surface area contributed by atoms with Crippen LogP contribution in [0.1, 0.15) is 22.7 Å². The summed E-state index contributed by atoms with van der Waals surface area (Å²) in [7, 11) is 0. The lowest BCUT2D eigenvalue weighted by molar-refractivity contribution is 0.483. The molecule has 2 aromatic rings. The Labute approximate surface area is 115 Å². The number of halogens is 3. The summed E-state index contributed by atoms with van der Waals surface area (Å²) in [4.78, 5) is 0. The van der Waals surface area contributed by atoms with E-state index in [4.69, 9.17) is 17.4 Å². The molecule has 0 aliphatic carbocycles. The van der Waals surface area contributed by atoms with Crippen LogP contribution in [-0.4, -0.2) is 0 Å². The number of hydrogen-bond donors (Lipinski definition) is 2. The minimum atomic E-state index is -0.914. The molecule has 100 valence electrons. The van der Waals surface area contributed by atoms with Crippen LogP contribution in [0.3, 0.4) is 0 Å². The Hall–Kier alpha value is -1.49. The Morgan fingerprint density at radius 3 is 2.58 bits per heavy atom. The van der Waals surface area contributed by atoms with Crippen molar-refractivity contribution >= 4 is 11.6 Å². The van der Waals surface area contributed by atoms with Gasteiger partial charge < -0.3 is 0 Å². The summed E-state index contributed by atoms with van der Waals surface area (Å²) in [5, 5.41) is 0.520. The van der Waals surface area contributed by atoms with Crippen LogP contribution in [0.25, 0.3) is 0 Å². The lowest BCUT2D eigenvalue weighted by Crippen LogP contribution is -2.29. The topological polar surface area (TPSA) is 38.0 Å². The van der Waals surface area contributed by atoms with Gasteiger partial charge in [0, 0.05) is 10.6 Å². The van der Waals surface area contributed by atoms with Gasteiger partial charge in [-0.15, -0.1) is 0 Å². The van der Waals surface area contributed by atoms with E-state index in [9.17, 15) is 8.78 Å². The molecule has 0 aliphatic rings. The van der Waals surface area contributed by atoms with Crippen molar-refractivity contribution in [1.82, 2.24) is 5.43 Å². The minimum absolute atomic E-state index is 0.143. The third kappa shape index (κ3) is 2.92. The van der Waals surface area contributed by atoms with Gasteiger partial charge >= 0.3 is 0 Å². The molecule has 2 nitrogen and oxygen atoms in total. The molecule has 0 heterocycles. The molecule has 19 heavy (non-hydrogen) atoms. The molecule has 0 fully saturated rings. The third-order valence-electron chi connectivity index (χ3n) is 2.86. The number of hydrazine groups is 1. The molecule has 3 N–H and O–H groups in total. The van der Waals surface area contributed by atoms with Gasteiger partial charge in [0.15, 0.2) is 11.6 Å². The number of hydrogen-bond acceptors (Lipinski definition) is 2. The van der Waals surface area contributed by atoms with Gasteiger partial charge in [-0.2, -0.15) is 0 Å². The largest absolute Gasteiger partial charge is 0.271 e. The highest BCUT2D eigenvalue weighted by Gasteiger charge is 2.19. The molecule has 5 heteroatoms. The van der Waals surface area contributed by atoms with Crippen molar-refractivity contribution in [1.29, 1.82) is 0 Å².